The number of aldehydes is 1. The Morgan fingerprint density at radius 3 is 2.75 bits per heavy atom. The number of carbonyl (C=O) groups excluding carboxylic acids is 1. The molecule has 1 heterocycles. The van der Waals surface area contributed by atoms with E-state index in [1.165, 1.54) is 0 Å². The van der Waals surface area contributed by atoms with Gasteiger partial charge in [0, 0.05) is 23.5 Å². The number of hydrogen-bond donors (Lipinski definition) is 1. The number of fused-ring (bicyclic) bond motifs is 1. The fourth-order valence-electron chi connectivity index (χ4n) is 2.25. The molecule has 0 aliphatic rings. The van der Waals surface area contributed by atoms with Crippen molar-refractivity contribution < 1.29 is 9.53 Å². The molecule has 0 unspecified atom stereocenters. The molecule has 100 valence electrons. The fourth-order valence-corrected chi connectivity index (χ4v) is 2.25. The second-order valence-corrected chi connectivity index (χ2v) is 4.67. The number of H-pyrrole nitrogens is 1. The number of hydrogen-bond acceptors (Lipinski definition) is 2. The van der Waals surface area contributed by atoms with Gasteiger partial charge in [-0.2, -0.15) is 0 Å². The molecule has 0 fully saturated rings. The van der Waals surface area contributed by atoms with Crippen LogP contribution in [0.25, 0.3) is 10.9 Å². The van der Waals surface area contributed by atoms with Crippen LogP contribution in [-0.2, 0) is 17.8 Å². The molecule has 0 aliphatic heterocycles. The van der Waals surface area contributed by atoms with Gasteiger partial charge < -0.3 is 14.5 Å². The summed E-state index contributed by atoms with van der Waals surface area (Å²) in [7, 11) is 0. The van der Waals surface area contributed by atoms with E-state index >= 15 is 0 Å². The molecule has 0 atom stereocenters. The van der Waals surface area contributed by atoms with Gasteiger partial charge in [0.1, 0.15) is 18.6 Å². The minimum Gasteiger partial charge on any atom is -0.489 e. The van der Waals surface area contributed by atoms with Crippen molar-refractivity contribution in [3.63, 3.8) is 0 Å². The van der Waals surface area contributed by atoms with Crippen molar-refractivity contribution in [3.8, 4) is 5.75 Å². The van der Waals surface area contributed by atoms with Crippen LogP contribution in [-0.4, -0.2) is 11.3 Å². The summed E-state index contributed by atoms with van der Waals surface area (Å²) in [5.74, 6) is 0.813. The van der Waals surface area contributed by atoms with Crippen LogP contribution in [0.2, 0.25) is 0 Å². The van der Waals surface area contributed by atoms with Crippen molar-refractivity contribution in [1.82, 2.24) is 4.98 Å². The number of aromatic nitrogens is 1. The lowest BCUT2D eigenvalue weighted by molar-refractivity contribution is -0.107. The summed E-state index contributed by atoms with van der Waals surface area (Å²) in [6, 6.07) is 15.9. The highest BCUT2D eigenvalue weighted by atomic mass is 16.5. The molecule has 0 radical (unpaired) electrons. The first-order valence-electron chi connectivity index (χ1n) is 6.57. The summed E-state index contributed by atoms with van der Waals surface area (Å²) < 4.78 is 5.80. The molecule has 0 spiro atoms. The zero-order valence-electron chi connectivity index (χ0n) is 11.0. The van der Waals surface area contributed by atoms with Gasteiger partial charge in [-0.1, -0.05) is 30.3 Å². The summed E-state index contributed by atoms with van der Waals surface area (Å²) in [5, 5.41) is 1.04. The van der Waals surface area contributed by atoms with Gasteiger partial charge in [0.15, 0.2) is 0 Å². The van der Waals surface area contributed by atoms with Crippen molar-refractivity contribution in [1.29, 1.82) is 0 Å². The van der Waals surface area contributed by atoms with Crippen LogP contribution in [0.5, 0.6) is 5.75 Å². The van der Waals surface area contributed by atoms with Gasteiger partial charge in [-0.15, -0.1) is 0 Å². The molecular formula is C17H15NO2. The molecule has 0 saturated carbocycles. The average molecular weight is 265 g/mol. The Morgan fingerprint density at radius 2 is 1.95 bits per heavy atom. The molecule has 3 rings (SSSR count). The molecule has 0 aliphatic carbocycles. The molecule has 1 aromatic heterocycles. The Hall–Kier alpha value is -2.55. The molecule has 20 heavy (non-hydrogen) atoms. The Bertz CT molecular complexity index is 716. The second kappa shape index (κ2) is 5.61. The van der Waals surface area contributed by atoms with Gasteiger partial charge in [-0.25, -0.2) is 0 Å². The molecule has 0 amide bonds. The lowest BCUT2D eigenvalue weighted by Gasteiger charge is -2.06. The summed E-state index contributed by atoms with van der Waals surface area (Å²) >= 11 is 0. The number of aromatic amines is 1. The first-order chi connectivity index (χ1) is 9.86. The van der Waals surface area contributed by atoms with Gasteiger partial charge in [-0.05, 0) is 29.3 Å². The van der Waals surface area contributed by atoms with E-state index in [1.54, 1.807) is 0 Å². The highest BCUT2D eigenvalue weighted by Gasteiger charge is 2.05. The van der Waals surface area contributed by atoms with E-state index in [1.807, 2.05) is 54.7 Å². The third kappa shape index (κ3) is 2.57. The largest absolute Gasteiger partial charge is 0.489 e. The van der Waals surface area contributed by atoms with E-state index in [9.17, 15) is 4.79 Å². The SMILES string of the molecule is O=CCc1c[nH]c2ccc(OCc3ccccc3)cc12. The van der Waals surface area contributed by atoms with Crippen molar-refractivity contribution in [2.75, 3.05) is 0 Å². The van der Waals surface area contributed by atoms with Crippen LogP contribution in [0.1, 0.15) is 11.1 Å². The summed E-state index contributed by atoms with van der Waals surface area (Å²) in [5.41, 5.74) is 3.16. The predicted octanol–water partition coefficient (Wildman–Crippen LogP) is 3.49. The quantitative estimate of drug-likeness (QED) is 0.717. The maximum Gasteiger partial charge on any atom is 0.124 e. The second-order valence-electron chi connectivity index (χ2n) is 4.67. The maximum absolute atomic E-state index is 10.7. The number of benzene rings is 2. The van der Waals surface area contributed by atoms with Gasteiger partial charge >= 0.3 is 0 Å². The van der Waals surface area contributed by atoms with Crippen LogP contribution in [0.15, 0.2) is 54.7 Å². The zero-order chi connectivity index (χ0) is 13.8. The zero-order valence-corrected chi connectivity index (χ0v) is 11.0. The topological polar surface area (TPSA) is 42.1 Å². The summed E-state index contributed by atoms with van der Waals surface area (Å²) in [4.78, 5) is 13.8. The normalized spacial score (nSPS) is 10.6. The number of ether oxygens (including phenoxy) is 1. The third-order valence-electron chi connectivity index (χ3n) is 3.29. The van der Waals surface area contributed by atoms with Crippen LogP contribution >= 0.6 is 0 Å². The molecule has 3 aromatic rings. The lowest BCUT2D eigenvalue weighted by atomic mass is 10.1. The minimum atomic E-state index is 0.419. The summed E-state index contributed by atoms with van der Waals surface area (Å²) in [6.45, 7) is 0.541. The molecule has 3 nitrogen and oxygen atoms in total. The molecule has 3 heteroatoms. The monoisotopic (exact) mass is 265 g/mol. The van der Waals surface area contributed by atoms with E-state index in [2.05, 4.69) is 4.98 Å². The van der Waals surface area contributed by atoms with Gasteiger partial charge in [0.2, 0.25) is 0 Å². The third-order valence-corrected chi connectivity index (χ3v) is 3.29. The molecule has 1 N–H and O–H groups in total. The Labute approximate surface area is 117 Å². The summed E-state index contributed by atoms with van der Waals surface area (Å²) in [6.07, 6.45) is 3.21. The van der Waals surface area contributed by atoms with Gasteiger partial charge in [-0.3, -0.25) is 0 Å². The van der Waals surface area contributed by atoms with E-state index in [0.717, 1.165) is 34.1 Å². The van der Waals surface area contributed by atoms with Gasteiger partial charge in [0.05, 0.1) is 0 Å². The Kier molecular flexibility index (Phi) is 3.50. The van der Waals surface area contributed by atoms with E-state index in [-0.39, 0.29) is 0 Å². The van der Waals surface area contributed by atoms with E-state index < -0.39 is 0 Å². The van der Waals surface area contributed by atoms with Crippen LogP contribution in [0.4, 0.5) is 0 Å². The molecule has 0 bridgehead atoms. The fraction of sp³-hybridized carbons (Fsp3) is 0.118. The number of carbonyl (C=O) groups is 1. The lowest BCUT2D eigenvalue weighted by Crippen LogP contribution is -1.94. The van der Waals surface area contributed by atoms with Crippen LogP contribution in [0.3, 0.4) is 0 Å². The smallest absolute Gasteiger partial charge is 0.124 e. The number of nitrogens with one attached hydrogen (secondary N) is 1. The first kappa shape index (κ1) is 12.5. The minimum absolute atomic E-state index is 0.419. The van der Waals surface area contributed by atoms with Crippen LogP contribution in [0, 0.1) is 0 Å². The van der Waals surface area contributed by atoms with E-state index in [0.29, 0.717) is 13.0 Å². The van der Waals surface area contributed by atoms with Gasteiger partial charge in [0.25, 0.3) is 0 Å². The molecular weight excluding hydrogens is 250 g/mol. The van der Waals surface area contributed by atoms with Crippen molar-refractivity contribution in [2.24, 2.45) is 0 Å². The Balaban J connectivity index is 1.81. The van der Waals surface area contributed by atoms with Crippen LogP contribution < -0.4 is 4.74 Å². The maximum atomic E-state index is 10.7. The van der Waals surface area contributed by atoms with E-state index in [4.69, 9.17) is 4.74 Å². The average Bonchev–Trinajstić information content (AvgIpc) is 2.89. The first-order valence-corrected chi connectivity index (χ1v) is 6.57. The number of rotatable bonds is 5. The van der Waals surface area contributed by atoms with Crippen molar-refractivity contribution in [2.45, 2.75) is 13.0 Å². The highest BCUT2D eigenvalue weighted by Crippen LogP contribution is 2.24. The van der Waals surface area contributed by atoms with Crippen molar-refractivity contribution >= 4 is 17.2 Å². The molecule has 0 saturated heterocycles. The Morgan fingerprint density at radius 1 is 1.10 bits per heavy atom. The predicted molar refractivity (Wildman–Crippen MR) is 78.8 cm³/mol. The van der Waals surface area contributed by atoms with Crippen molar-refractivity contribution in [3.05, 3.63) is 65.9 Å². The molecule has 2 aromatic carbocycles. The standard InChI is InChI=1S/C17H15NO2/c19-9-8-14-11-18-17-7-6-15(10-16(14)17)20-12-13-4-2-1-3-5-13/h1-7,9-11,18H,8,12H2. The highest BCUT2D eigenvalue weighted by molar-refractivity contribution is 5.86.